The Morgan fingerprint density at radius 2 is 1.92 bits per heavy atom. The summed E-state index contributed by atoms with van der Waals surface area (Å²) >= 11 is 0. The van der Waals surface area contributed by atoms with Crippen LogP contribution in [0.4, 0.5) is 0 Å². The van der Waals surface area contributed by atoms with Crippen molar-refractivity contribution < 1.29 is 14.3 Å². The summed E-state index contributed by atoms with van der Waals surface area (Å²) in [6, 6.07) is 8.92. The number of carbonyl (C=O) groups is 1. The van der Waals surface area contributed by atoms with Crippen molar-refractivity contribution >= 4 is 5.97 Å². The SMILES string of the molecule is COC(=O)c1ccc(C)c(OCc2cncc(-c3ncccn3)c2)c1. The number of ether oxygens (including phenoxy) is 2. The molecule has 2 heterocycles. The van der Waals surface area contributed by atoms with Crippen molar-refractivity contribution in [3.8, 4) is 17.1 Å². The Morgan fingerprint density at radius 1 is 1.12 bits per heavy atom. The van der Waals surface area contributed by atoms with Gasteiger partial charge in [0.15, 0.2) is 5.82 Å². The van der Waals surface area contributed by atoms with E-state index in [4.69, 9.17) is 9.47 Å². The molecule has 6 nitrogen and oxygen atoms in total. The molecule has 0 spiro atoms. The maximum absolute atomic E-state index is 11.7. The number of aromatic nitrogens is 3. The van der Waals surface area contributed by atoms with Gasteiger partial charge in [-0.25, -0.2) is 14.8 Å². The van der Waals surface area contributed by atoms with E-state index in [0.717, 1.165) is 16.7 Å². The zero-order valence-corrected chi connectivity index (χ0v) is 14.0. The van der Waals surface area contributed by atoms with Gasteiger partial charge in [-0.3, -0.25) is 4.98 Å². The molecule has 0 radical (unpaired) electrons. The van der Waals surface area contributed by atoms with Gasteiger partial charge >= 0.3 is 5.97 Å². The van der Waals surface area contributed by atoms with E-state index in [1.165, 1.54) is 7.11 Å². The number of pyridine rings is 1. The molecular weight excluding hydrogens is 318 g/mol. The Bertz CT molecular complexity index is 882. The van der Waals surface area contributed by atoms with Gasteiger partial charge in [-0.15, -0.1) is 0 Å². The largest absolute Gasteiger partial charge is 0.489 e. The quantitative estimate of drug-likeness (QED) is 0.667. The summed E-state index contributed by atoms with van der Waals surface area (Å²) in [6.07, 6.45) is 6.81. The fourth-order valence-electron chi connectivity index (χ4n) is 2.30. The molecule has 0 bridgehead atoms. The first kappa shape index (κ1) is 16.6. The monoisotopic (exact) mass is 335 g/mol. The van der Waals surface area contributed by atoms with Crippen LogP contribution >= 0.6 is 0 Å². The second kappa shape index (κ2) is 7.53. The number of hydrogen-bond acceptors (Lipinski definition) is 6. The van der Waals surface area contributed by atoms with Crippen molar-refractivity contribution in [1.82, 2.24) is 15.0 Å². The number of nitrogens with zero attached hydrogens (tertiary/aromatic N) is 3. The highest BCUT2D eigenvalue weighted by atomic mass is 16.5. The maximum atomic E-state index is 11.7. The van der Waals surface area contributed by atoms with Crippen LogP contribution in [0, 0.1) is 6.92 Å². The van der Waals surface area contributed by atoms with Crippen molar-refractivity contribution in [1.29, 1.82) is 0 Å². The van der Waals surface area contributed by atoms with Gasteiger partial charge in [0.1, 0.15) is 12.4 Å². The topological polar surface area (TPSA) is 74.2 Å². The van der Waals surface area contributed by atoms with Gasteiger partial charge in [0.25, 0.3) is 0 Å². The second-order valence-electron chi connectivity index (χ2n) is 5.41. The first-order valence-corrected chi connectivity index (χ1v) is 7.70. The molecule has 2 aromatic heterocycles. The lowest BCUT2D eigenvalue weighted by Crippen LogP contribution is -2.03. The van der Waals surface area contributed by atoms with Gasteiger partial charge in [-0.2, -0.15) is 0 Å². The molecule has 0 unspecified atom stereocenters. The summed E-state index contributed by atoms with van der Waals surface area (Å²) in [7, 11) is 1.35. The Balaban J connectivity index is 1.77. The molecule has 0 amide bonds. The maximum Gasteiger partial charge on any atom is 0.337 e. The van der Waals surface area contributed by atoms with Gasteiger partial charge in [0, 0.05) is 35.9 Å². The summed E-state index contributed by atoms with van der Waals surface area (Å²) in [5, 5.41) is 0. The highest BCUT2D eigenvalue weighted by molar-refractivity contribution is 5.89. The molecule has 0 saturated carbocycles. The van der Waals surface area contributed by atoms with Crippen molar-refractivity contribution in [3.63, 3.8) is 0 Å². The Labute approximate surface area is 145 Å². The normalized spacial score (nSPS) is 10.3. The fourth-order valence-corrected chi connectivity index (χ4v) is 2.30. The van der Waals surface area contributed by atoms with E-state index in [0.29, 0.717) is 23.7 Å². The van der Waals surface area contributed by atoms with Crippen molar-refractivity contribution in [2.75, 3.05) is 7.11 Å². The number of methoxy groups -OCH3 is 1. The van der Waals surface area contributed by atoms with Gasteiger partial charge < -0.3 is 9.47 Å². The average Bonchev–Trinajstić information content (AvgIpc) is 2.67. The van der Waals surface area contributed by atoms with Crippen LogP contribution in [-0.4, -0.2) is 28.0 Å². The van der Waals surface area contributed by atoms with Crippen LogP contribution in [0.2, 0.25) is 0 Å². The van der Waals surface area contributed by atoms with Crippen molar-refractivity contribution in [2.45, 2.75) is 13.5 Å². The third-order valence-corrected chi connectivity index (χ3v) is 3.62. The molecule has 25 heavy (non-hydrogen) atoms. The smallest absolute Gasteiger partial charge is 0.337 e. The Hall–Kier alpha value is -3.28. The standard InChI is InChI=1S/C19H17N3O3/c1-13-4-5-15(19(23)24-2)9-17(13)25-12-14-8-16(11-20-10-14)18-21-6-3-7-22-18/h3-11H,12H2,1-2H3. The summed E-state index contributed by atoms with van der Waals surface area (Å²) in [4.78, 5) is 24.3. The van der Waals surface area contributed by atoms with E-state index in [9.17, 15) is 4.79 Å². The van der Waals surface area contributed by atoms with Crippen LogP contribution < -0.4 is 4.74 Å². The van der Waals surface area contributed by atoms with E-state index in [1.54, 1.807) is 43.0 Å². The number of carbonyl (C=O) groups excluding carboxylic acids is 1. The number of esters is 1. The van der Waals surface area contributed by atoms with Crippen LogP contribution in [0.3, 0.4) is 0 Å². The van der Waals surface area contributed by atoms with Crippen LogP contribution in [-0.2, 0) is 11.3 Å². The first-order chi connectivity index (χ1) is 12.2. The Kier molecular flexibility index (Phi) is 4.99. The predicted molar refractivity (Wildman–Crippen MR) is 92.1 cm³/mol. The molecule has 1 aromatic carbocycles. The lowest BCUT2D eigenvalue weighted by molar-refractivity contribution is 0.0600. The first-order valence-electron chi connectivity index (χ1n) is 7.70. The second-order valence-corrected chi connectivity index (χ2v) is 5.41. The van der Waals surface area contributed by atoms with Crippen molar-refractivity contribution in [2.24, 2.45) is 0 Å². The summed E-state index contributed by atoms with van der Waals surface area (Å²) < 4.78 is 10.6. The minimum Gasteiger partial charge on any atom is -0.489 e. The minimum absolute atomic E-state index is 0.319. The molecule has 0 aliphatic rings. The molecule has 0 fully saturated rings. The Morgan fingerprint density at radius 3 is 2.68 bits per heavy atom. The highest BCUT2D eigenvalue weighted by Crippen LogP contribution is 2.22. The van der Waals surface area contributed by atoms with E-state index >= 15 is 0 Å². The number of benzene rings is 1. The number of rotatable bonds is 5. The van der Waals surface area contributed by atoms with Crippen LogP contribution in [0.1, 0.15) is 21.5 Å². The summed E-state index contributed by atoms with van der Waals surface area (Å²) in [5.41, 5.74) is 3.09. The molecule has 0 saturated heterocycles. The molecular formula is C19H17N3O3. The molecule has 0 aliphatic carbocycles. The zero-order chi connectivity index (χ0) is 17.6. The van der Waals surface area contributed by atoms with Gasteiger partial charge in [-0.1, -0.05) is 6.07 Å². The van der Waals surface area contributed by atoms with Gasteiger partial charge in [-0.05, 0) is 36.8 Å². The van der Waals surface area contributed by atoms with E-state index in [-0.39, 0.29) is 0 Å². The summed E-state index contributed by atoms with van der Waals surface area (Å²) in [6.45, 7) is 2.24. The van der Waals surface area contributed by atoms with Crippen LogP contribution in [0.25, 0.3) is 11.4 Å². The van der Waals surface area contributed by atoms with Gasteiger partial charge in [0.05, 0.1) is 12.7 Å². The average molecular weight is 335 g/mol. The van der Waals surface area contributed by atoms with Crippen LogP contribution in [0.15, 0.2) is 55.1 Å². The molecule has 0 N–H and O–H groups in total. The molecule has 3 rings (SSSR count). The summed E-state index contributed by atoms with van der Waals surface area (Å²) in [5.74, 6) is 0.847. The molecule has 126 valence electrons. The van der Waals surface area contributed by atoms with Crippen LogP contribution in [0.5, 0.6) is 5.75 Å². The fraction of sp³-hybridized carbons (Fsp3) is 0.158. The van der Waals surface area contributed by atoms with Crippen molar-refractivity contribution in [3.05, 3.63) is 71.8 Å². The molecule has 6 heteroatoms. The third-order valence-electron chi connectivity index (χ3n) is 3.62. The molecule has 0 atom stereocenters. The zero-order valence-electron chi connectivity index (χ0n) is 14.0. The minimum atomic E-state index is -0.394. The predicted octanol–water partition coefficient (Wildman–Crippen LogP) is 3.21. The number of aryl methyl sites for hydroxylation is 1. The lowest BCUT2D eigenvalue weighted by Gasteiger charge is -2.11. The molecule has 0 aliphatic heterocycles. The lowest BCUT2D eigenvalue weighted by atomic mass is 10.1. The van der Waals surface area contributed by atoms with Gasteiger partial charge in [0.2, 0.25) is 0 Å². The highest BCUT2D eigenvalue weighted by Gasteiger charge is 2.09. The van der Waals surface area contributed by atoms with E-state index in [1.807, 2.05) is 19.1 Å². The third kappa shape index (κ3) is 3.98. The number of hydrogen-bond donors (Lipinski definition) is 0. The van der Waals surface area contributed by atoms with E-state index in [2.05, 4.69) is 15.0 Å². The van der Waals surface area contributed by atoms with E-state index < -0.39 is 5.97 Å². The molecule has 3 aromatic rings.